The molecule has 0 radical (unpaired) electrons. The summed E-state index contributed by atoms with van der Waals surface area (Å²) < 4.78 is 0. The minimum absolute atomic E-state index is 0.239. The fourth-order valence-electron chi connectivity index (χ4n) is 1.85. The van der Waals surface area contributed by atoms with Crippen LogP contribution in [0.3, 0.4) is 0 Å². The van der Waals surface area contributed by atoms with Gasteiger partial charge in [0.15, 0.2) is 0 Å². The number of aliphatic hydroxyl groups excluding tert-OH is 1. The molecule has 1 heterocycles. The Morgan fingerprint density at radius 1 is 1.43 bits per heavy atom. The van der Waals surface area contributed by atoms with E-state index < -0.39 is 0 Å². The molecular formula is C11H21NO2. The minimum Gasteiger partial charge on any atom is -0.393 e. The van der Waals surface area contributed by atoms with E-state index in [4.69, 9.17) is 5.11 Å². The molecular weight excluding hydrogens is 178 g/mol. The van der Waals surface area contributed by atoms with Gasteiger partial charge in [0.1, 0.15) is 0 Å². The van der Waals surface area contributed by atoms with Crippen molar-refractivity contribution in [1.82, 2.24) is 4.90 Å². The van der Waals surface area contributed by atoms with Gasteiger partial charge < -0.3 is 10.0 Å². The molecule has 1 aliphatic heterocycles. The number of amides is 1. The maximum atomic E-state index is 11.6. The van der Waals surface area contributed by atoms with Gasteiger partial charge in [0.05, 0.1) is 6.10 Å². The normalized spacial score (nSPS) is 20.7. The van der Waals surface area contributed by atoms with Crippen LogP contribution < -0.4 is 0 Å². The van der Waals surface area contributed by atoms with Gasteiger partial charge >= 0.3 is 0 Å². The number of carbonyl (C=O) groups excluding carboxylic acids is 1. The number of hydrogen-bond donors (Lipinski definition) is 1. The van der Waals surface area contributed by atoms with Gasteiger partial charge in [0.25, 0.3) is 0 Å². The number of likely N-dealkylation sites (tertiary alicyclic amines) is 1. The van der Waals surface area contributed by atoms with E-state index in [0.29, 0.717) is 12.3 Å². The second kappa shape index (κ2) is 6.02. The van der Waals surface area contributed by atoms with Crippen molar-refractivity contribution >= 4 is 5.91 Å². The molecule has 3 heteroatoms. The van der Waals surface area contributed by atoms with Crippen LogP contribution in [0, 0.1) is 0 Å². The maximum Gasteiger partial charge on any atom is 0.222 e. The lowest BCUT2D eigenvalue weighted by Gasteiger charge is -2.20. The predicted molar refractivity (Wildman–Crippen MR) is 56.0 cm³/mol. The van der Waals surface area contributed by atoms with Crippen LogP contribution in [0.15, 0.2) is 0 Å². The highest BCUT2D eigenvalue weighted by Crippen LogP contribution is 2.12. The predicted octanol–water partition coefficient (Wildman–Crippen LogP) is 1.55. The molecule has 1 aliphatic rings. The molecule has 14 heavy (non-hydrogen) atoms. The topological polar surface area (TPSA) is 40.5 Å². The van der Waals surface area contributed by atoms with Crippen LogP contribution in [0.2, 0.25) is 0 Å². The molecule has 1 saturated heterocycles. The highest BCUT2D eigenvalue weighted by molar-refractivity contribution is 5.76. The highest BCUT2D eigenvalue weighted by Gasteiger charge is 2.15. The van der Waals surface area contributed by atoms with Crippen molar-refractivity contribution in [2.75, 3.05) is 13.1 Å². The van der Waals surface area contributed by atoms with E-state index in [1.165, 1.54) is 6.42 Å². The average Bonchev–Trinajstić information content (AvgIpc) is 2.31. The molecule has 0 aliphatic carbocycles. The standard InChI is InChI=1S/C11H21NO2/c1-10(13)6-5-9-12-8-4-2-3-7-11(12)14/h10,13H,2-9H2,1H3. The van der Waals surface area contributed by atoms with E-state index in [0.717, 1.165) is 38.8 Å². The SMILES string of the molecule is CC(O)CCCN1CCCCCC1=O. The third-order valence-electron chi connectivity index (χ3n) is 2.72. The summed E-state index contributed by atoms with van der Waals surface area (Å²) in [6.45, 7) is 3.53. The Kier molecular flexibility index (Phi) is 4.94. The molecule has 0 aromatic carbocycles. The van der Waals surface area contributed by atoms with Crippen molar-refractivity contribution in [2.24, 2.45) is 0 Å². The molecule has 1 fully saturated rings. The van der Waals surface area contributed by atoms with Gasteiger partial charge in [0, 0.05) is 19.5 Å². The molecule has 0 aromatic heterocycles. The third kappa shape index (κ3) is 4.09. The van der Waals surface area contributed by atoms with E-state index >= 15 is 0 Å². The molecule has 1 rings (SSSR count). The first-order valence-corrected chi connectivity index (χ1v) is 5.66. The minimum atomic E-state index is -0.239. The van der Waals surface area contributed by atoms with Crippen molar-refractivity contribution in [1.29, 1.82) is 0 Å². The largest absolute Gasteiger partial charge is 0.393 e. The van der Waals surface area contributed by atoms with Crippen LogP contribution in [0.25, 0.3) is 0 Å². The number of carbonyl (C=O) groups is 1. The first-order valence-electron chi connectivity index (χ1n) is 5.66. The summed E-state index contributed by atoms with van der Waals surface area (Å²) in [5, 5.41) is 9.10. The van der Waals surface area contributed by atoms with Crippen LogP contribution in [0.1, 0.15) is 45.4 Å². The summed E-state index contributed by atoms with van der Waals surface area (Å²) in [6, 6.07) is 0. The van der Waals surface area contributed by atoms with Crippen molar-refractivity contribution in [3.05, 3.63) is 0 Å². The van der Waals surface area contributed by atoms with Gasteiger partial charge in [-0.3, -0.25) is 4.79 Å². The Balaban J connectivity index is 2.23. The molecule has 0 saturated carbocycles. The van der Waals surface area contributed by atoms with Crippen LogP contribution in [-0.4, -0.2) is 35.1 Å². The molecule has 1 N–H and O–H groups in total. The van der Waals surface area contributed by atoms with E-state index in [9.17, 15) is 4.79 Å². The van der Waals surface area contributed by atoms with E-state index in [1.807, 2.05) is 4.90 Å². The first kappa shape index (κ1) is 11.5. The van der Waals surface area contributed by atoms with Crippen LogP contribution in [0.5, 0.6) is 0 Å². The van der Waals surface area contributed by atoms with Crippen molar-refractivity contribution in [3.63, 3.8) is 0 Å². The molecule has 0 bridgehead atoms. The maximum absolute atomic E-state index is 11.6. The molecule has 1 atom stereocenters. The lowest BCUT2D eigenvalue weighted by Crippen LogP contribution is -2.31. The zero-order valence-electron chi connectivity index (χ0n) is 9.04. The molecule has 82 valence electrons. The Bertz CT molecular complexity index is 180. The van der Waals surface area contributed by atoms with Gasteiger partial charge in [-0.2, -0.15) is 0 Å². The van der Waals surface area contributed by atoms with Crippen molar-refractivity contribution in [3.8, 4) is 0 Å². The fourth-order valence-corrected chi connectivity index (χ4v) is 1.85. The Labute approximate surface area is 86.1 Å². The second-order valence-electron chi connectivity index (χ2n) is 4.18. The number of aliphatic hydroxyl groups is 1. The fraction of sp³-hybridized carbons (Fsp3) is 0.909. The van der Waals surface area contributed by atoms with Crippen molar-refractivity contribution in [2.45, 2.75) is 51.6 Å². The third-order valence-corrected chi connectivity index (χ3v) is 2.72. The molecule has 0 aromatic rings. The second-order valence-corrected chi connectivity index (χ2v) is 4.18. The summed E-state index contributed by atoms with van der Waals surface area (Å²) in [6.07, 6.45) is 5.56. The Morgan fingerprint density at radius 3 is 2.93 bits per heavy atom. The monoisotopic (exact) mass is 199 g/mol. The highest BCUT2D eigenvalue weighted by atomic mass is 16.3. The number of hydrogen-bond acceptors (Lipinski definition) is 2. The van der Waals surface area contributed by atoms with Crippen molar-refractivity contribution < 1.29 is 9.90 Å². The lowest BCUT2D eigenvalue weighted by atomic mass is 10.2. The smallest absolute Gasteiger partial charge is 0.222 e. The Morgan fingerprint density at radius 2 is 2.21 bits per heavy atom. The van der Waals surface area contributed by atoms with E-state index in [2.05, 4.69) is 0 Å². The first-order chi connectivity index (χ1) is 6.70. The van der Waals surface area contributed by atoms with Gasteiger partial charge in [-0.1, -0.05) is 6.42 Å². The van der Waals surface area contributed by atoms with Gasteiger partial charge in [0.2, 0.25) is 5.91 Å². The Hall–Kier alpha value is -0.570. The van der Waals surface area contributed by atoms with E-state index in [-0.39, 0.29) is 6.10 Å². The molecule has 0 spiro atoms. The quantitative estimate of drug-likeness (QED) is 0.746. The van der Waals surface area contributed by atoms with E-state index in [1.54, 1.807) is 6.92 Å². The summed E-state index contributed by atoms with van der Waals surface area (Å²) in [5.74, 6) is 0.299. The molecule has 3 nitrogen and oxygen atoms in total. The average molecular weight is 199 g/mol. The summed E-state index contributed by atoms with van der Waals surface area (Å²) in [5.41, 5.74) is 0. The van der Waals surface area contributed by atoms with Crippen LogP contribution >= 0.6 is 0 Å². The number of rotatable bonds is 4. The lowest BCUT2D eigenvalue weighted by molar-refractivity contribution is -0.130. The molecule has 1 amide bonds. The zero-order valence-corrected chi connectivity index (χ0v) is 9.04. The zero-order chi connectivity index (χ0) is 10.4. The summed E-state index contributed by atoms with van der Waals surface area (Å²) >= 11 is 0. The number of nitrogens with zero attached hydrogens (tertiary/aromatic N) is 1. The van der Waals surface area contributed by atoms with Gasteiger partial charge in [-0.25, -0.2) is 0 Å². The van der Waals surface area contributed by atoms with Gasteiger partial charge in [-0.15, -0.1) is 0 Å². The van der Waals surface area contributed by atoms with Crippen LogP contribution in [0.4, 0.5) is 0 Å². The summed E-state index contributed by atoms with van der Waals surface area (Å²) in [4.78, 5) is 13.5. The summed E-state index contributed by atoms with van der Waals surface area (Å²) in [7, 11) is 0. The van der Waals surface area contributed by atoms with Gasteiger partial charge in [-0.05, 0) is 32.6 Å². The molecule has 1 unspecified atom stereocenters. The van der Waals surface area contributed by atoms with Crippen LogP contribution in [-0.2, 0) is 4.79 Å².